The Kier molecular flexibility index (Phi) is 3.91. The largest absolute Gasteiger partial charge is 0.469 e. The average Bonchev–Trinajstić information content (AvgIpc) is 3.28. The third kappa shape index (κ3) is 2.08. The number of hydrogen-bond donors (Lipinski definition) is 2. The predicted molar refractivity (Wildman–Crippen MR) is 108 cm³/mol. The van der Waals surface area contributed by atoms with Crippen molar-refractivity contribution in [3.05, 3.63) is 11.6 Å². The lowest BCUT2D eigenvalue weighted by molar-refractivity contribution is -0.182. The molecule has 5 fully saturated rings. The van der Waals surface area contributed by atoms with Gasteiger partial charge in [-0.3, -0.25) is 14.4 Å². The standard InChI is InChI=1S/C24H30O8/c1-21-6-4-11(25)8-12(21)19(28)16(20(29)30-3)18-17-13(26)9-23(7-5-15(27)32-23)22(17,2)10-14-24(18,21)31-14/h8,13-14,16-19,26,28H,4-7,9-10H2,1-3H3/t13-,14-,16?,17?,18?,19-,21-,22-,23-,24+/m0/s1. The first-order chi connectivity index (χ1) is 15.0. The molecule has 3 saturated carbocycles. The Morgan fingerprint density at radius 3 is 2.53 bits per heavy atom. The molecule has 32 heavy (non-hydrogen) atoms. The molecule has 3 unspecified atom stereocenters. The van der Waals surface area contributed by atoms with Crippen molar-refractivity contribution in [1.82, 2.24) is 0 Å². The van der Waals surface area contributed by atoms with Crippen molar-refractivity contribution in [3.8, 4) is 0 Å². The van der Waals surface area contributed by atoms with Crippen LogP contribution < -0.4 is 0 Å². The van der Waals surface area contributed by atoms with E-state index in [0.717, 1.165) is 0 Å². The number of rotatable bonds is 1. The zero-order valence-electron chi connectivity index (χ0n) is 18.6. The number of aliphatic hydroxyl groups excluding tert-OH is 2. The van der Waals surface area contributed by atoms with E-state index in [1.54, 1.807) is 0 Å². The molecule has 2 N–H and O–H groups in total. The van der Waals surface area contributed by atoms with Crippen LogP contribution in [0.3, 0.4) is 0 Å². The van der Waals surface area contributed by atoms with Crippen molar-refractivity contribution in [2.75, 3.05) is 7.11 Å². The molecule has 0 bridgehead atoms. The number of esters is 2. The number of hydrogen-bond acceptors (Lipinski definition) is 8. The summed E-state index contributed by atoms with van der Waals surface area (Å²) in [5, 5.41) is 22.9. The first-order valence-electron chi connectivity index (χ1n) is 11.6. The molecule has 174 valence electrons. The van der Waals surface area contributed by atoms with Crippen LogP contribution in [0.4, 0.5) is 0 Å². The van der Waals surface area contributed by atoms with Gasteiger partial charge in [-0.25, -0.2) is 0 Å². The molecular formula is C24H30O8. The van der Waals surface area contributed by atoms with E-state index >= 15 is 0 Å². The molecule has 8 nitrogen and oxygen atoms in total. The van der Waals surface area contributed by atoms with Crippen molar-refractivity contribution >= 4 is 17.7 Å². The highest BCUT2D eigenvalue weighted by Crippen LogP contribution is 2.78. The normalized spacial score (nSPS) is 55.3. The topological polar surface area (TPSA) is 123 Å². The van der Waals surface area contributed by atoms with Crippen LogP contribution in [0.1, 0.15) is 52.4 Å². The molecular weight excluding hydrogens is 416 g/mol. The molecule has 4 aliphatic carbocycles. The number of ether oxygens (including phenoxy) is 3. The Hall–Kier alpha value is -1.77. The number of methoxy groups -OCH3 is 1. The van der Waals surface area contributed by atoms with Crippen LogP contribution in [0.25, 0.3) is 0 Å². The van der Waals surface area contributed by atoms with Gasteiger partial charge in [-0.2, -0.15) is 0 Å². The summed E-state index contributed by atoms with van der Waals surface area (Å²) in [5.41, 5.74) is -2.24. The number of fused-ring (bicyclic) bond motifs is 4. The summed E-state index contributed by atoms with van der Waals surface area (Å²) in [7, 11) is 1.29. The minimum Gasteiger partial charge on any atom is -0.469 e. The highest BCUT2D eigenvalue weighted by molar-refractivity contribution is 5.92. The van der Waals surface area contributed by atoms with Gasteiger partial charge in [0.15, 0.2) is 5.78 Å². The summed E-state index contributed by atoms with van der Waals surface area (Å²) in [5.74, 6) is -2.80. The molecule has 0 aromatic rings. The highest BCUT2D eigenvalue weighted by Gasteiger charge is 2.86. The summed E-state index contributed by atoms with van der Waals surface area (Å²) >= 11 is 0. The minimum atomic E-state index is -1.20. The number of carbonyl (C=O) groups is 3. The van der Waals surface area contributed by atoms with E-state index in [9.17, 15) is 24.6 Å². The van der Waals surface area contributed by atoms with Gasteiger partial charge in [0.1, 0.15) is 11.2 Å². The lowest BCUT2D eigenvalue weighted by Crippen LogP contribution is -2.67. The Morgan fingerprint density at radius 1 is 1.12 bits per heavy atom. The quantitative estimate of drug-likeness (QED) is 0.453. The smallest absolute Gasteiger partial charge is 0.312 e. The molecule has 0 aromatic carbocycles. The number of aliphatic hydroxyl groups is 2. The Bertz CT molecular complexity index is 973. The predicted octanol–water partition coefficient (Wildman–Crippen LogP) is 1.07. The van der Waals surface area contributed by atoms with Gasteiger partial charge in [0.05, 0.1) is 31.3 Å². The minimum absolute atomic E-state index is 0.0643. The maximum absolute atomic E-state index is 13.1. The molecule has 0 radical (unpaired) electrons. The van der Waals surface area contributed by atoms with Crippen LogP contribution in [0, 0.1) is 28.6 Å². The first-order valence-corrected chi connectivity index (χ1v) is 11.6. The average molecular weight is 446 g/mol. The number of ketones is 1. The van der Waals surface area contributed by atoms with Gasteiger partial charge in [-0.1, -0.05) is 13.8 Å². The molecule has 6 aliphatic rings. The van der Waals surface area contributed by atoms with E-state index in [4.69, 9.17) is 14.2 Å². The SMILES string of the molecule is COC(=O)C1C2C3[C@@H](O)C[C@@]4(CCC(=O)O4)[C@@]3(C)C[C@@H]3O[C@@]23[C@@]2(C)CCC(=O)C=C2[C@@H]1O. The van der Waals surface area contributed by atoms with Gasteiger partial charge in [0.2, 0.25) is 0 Å². The van der Waals surface area contributed by atoms with E-state index in [0.29, 0.717) is 44.1 Å². The maximum atomic E-state index is 13.1. The van der Waals surface area contributed by atoms with Gasteiger partial charge in [-0.05, 0) is 30.9 Å². The maximum Gasteiger partial charge on any atom is 0.312 e. The molecule has 2 aliphatic heterocycles. The fourth-order valence-corrected chi connectivity index (χ4v) is 8.79. The van der Waals surface area contributed by atoms with E-state index in [1.807, 2.05) is 13.8 Å². The van der Waals surface area contributed by atoms with Gasteiger partial charge >= 0.3 is 11.9 Å². The fraction of sp³-hybridized carbons (Fsp3) is 0.792. The summed E-state index contributed by atoms with van der Waals surface area (Å²) in [6.45, 7) is 4.06. The van der Waals surface area contributed by atoms with E-state index in [-0.39, 0.29) is 17.9 Å². The van der Waals surface area contributed by atoms with Crippen LogP contribution in [0.2, 0.25) is 0 Å². The molecule has 8 heteroatoms. The number of epoxide rings is 1. The molecule has 0 amide bonds. The van der Waals surface area contributed by atoms with E-state index < -0.39 is 58.0 Å². The van der Waals surface area contributed by atoms with Gasteiger partial charge < -0.3 is 24.4 Å². The summed E-state index contributed by atoms with van der Waals surface area (Å²) in [6.07, 6.45) is 1.91. The monoisotopic (exact) mass is 446 g/mol. The Labute approximate surface area is 186 Å². The van der Waals surface area contributed by atoms with Gasteiger partial charge in [0.25, 0.3) is 0 Å². The van der Waals surface area contributed by atoms with Gasteiger partial charge in [-0.15, -0.1) is 0 Å². The third-order valence-electron chi connectivity index (χ3n) is 10.2. The second-order valence-electron chi connectivity index (χ2n) is 11.2. The van der Waals surface area contributed by atoms with Crippen LogP contribution in [-0.4, -0.2) is 64.6 Å². The number of carbonyl (C=O) groups excluding carboxylic acids is 3. The molecule has 2 saturated heterocycles. The second-order valence-corrected chi connectivity index (χ2v) is 11.2. The van der Waals surface area contributed by atoms with Crippen molar-refractivity contribution < 1.29 is 38.8 Å². The third-order valence-corrected chi connectivity index (χ3v) is 10.2. The lowest BCUT2D eigenvalue weighted by Gasteiger charge is -2.59. The summed E-state index contributed by atoms with van der Waals surface area (Å²) in [6, 6.07) is 0. The molecule has 2 spiro atoms. The van der Waals surface area contributed by atoms with Crippen LogP contribution >= 0.6 is 0 Å². The zero-order valence-corrected chi connectivity index (χ0v) is 18.6. The van der Waals surface area contributed by atoms with E-state index in [2.05, 4.69) is 0 Å². The molecule has 0 aromatic heterocycles. The fourth-order valence-electron chi connectivity index (χ4n) is 8.79. The molecule has 10 atom stereocenters. The van der Waals surface area contributed by atoms with Crippen molar-refractivity contribution in [2.24, 2.45) is 28.6 Å². The molecule has 6 rings (SSSR count). The van der Waals surface area contributed by atoms with Crippen LogP contribution in [0.15, 0.2) is 11.6 Å². The van der Waals surface area contributed by atoms with Gasteiger partial charge in [0, 0.05) is 41.9 Å². The second kappa shape index (κ2) is 6.02. The highest BCUT2D eigenvalue weighted by atomic mass is 16.6. The van der Waals surface area contributed by atoms with E-state index in [1.165, 1.54) is 13.2 Å². The van der Waals surface area contributed by atoms with Crippen molar-refractivity contribution in [2.45, 2.75) is 81.9 Å². The first kappa shape index (κ1) is 20.8. The molecule has 2 heterocycles. The van der Waals surface area contributed by atoms with Crippen molar-refractivity contribution in [1.29, 1.82) is 0 Å². The van der Waals surface area contributed by atoms with Crippen LogP contribution in [-0.2, 0) is 28.6 Å². The van der Waals surface area contributed by atoms with Crippen molar-refractivity contribution in [3.63, 3.8) is 0 Å². The zero-order chi connectivity index (χ0) is 22.8. The lowest BCUT2D eigenvalue weighted by atomic mass is 9.43. The summed E-state index contributed by atoms with van der Waals surface area (Å²) < 4.78 is 17.5. The Morgan fingerprint density at radius 2 is 1.88 bits per heavy atom. The van der Waals surface area contributed by atoms with Crippen LogP contribution in [0.5, 0.6) is 0 Å². The summed E-state index contributed by atoms with van der Waals surface area (Å²) in [4.78, 5) is 37.5. The Balaban J connectivity index is 1.55.